The summed E-state index contributed by atoms with van der Waals surface area (Å²) in [7, 11) is 0. The highest BCUT2D eigenvalue weighted by molar-refractivity contribution is 5.91. The number of imidazole rings is 1. The molecule has 2 saturated heterocycles. The molecule has 1 saturated carbocycles. The van der Waals surface area contributed by atoms with Crippen LogP contribution in [0, 0.1) is 5.92 Å². The molecule has 1 atom stereocenters. The summed E-state index contributed by atoms with van der Waals surface area (Å²) >= 11 is 0. The summed E-state index contributed by atoms with van der Waals surface area (Å²) in [5.41, 5.74) is 1.71. The summed E-state index contributed by atoms with van der Waals surface area (Å²) in [5.74, 6) is 0.396. The van der Waals surface area contributed by atoms with E-state index in [-0.39, 0.29) is 29.7 Å². The van der Waals surface area contributed by atoms with Crippen LogP contribution in [-0.4, -0.2) is 63.2 Å². The highest BCUT2D eigenvalue weighted by atomic mass is 16.2. The molecule has 5 rings (SSSR count). The van der Waals surface area contributed by atoms with E-state index < -0.39 is 5.54 Å². The van der Waals surface area contributed by atoms with Gasteiger partial charge in [0.2, 0.25) is 17.7 Å². The number of aromatic nitrogens is 2. The molecule has 1 aromatic heterocycles. The molecule has 0 radical (unpaired) electrons. The van der Waals surface area contributed by atoms with Crippen LogP contribution in [0.25, 0.3) is 0 Å². The number of rotatable bonds is 2. The average Bonchev–Trinajstić information content (AvgIpc) is 3.25. The third-order valence-corrected chi connectivity index (χ3v) is 6.65. The predicted molar refractivity (Wildman–Crippen MR) is 95.4 cm³/mol. The van der Waals surface area contributed by atoms with Crippen molar-refractivity contribution in [3.8, 4) is 0 Å². The number of likely N-dealkylation sites (tertiary alicyclic amines) is 1. The first-order valence-electron chi connectivity index (χ1n) is 10.0. The second kappa shape index (κ2) is 6.07. The van der Waals surface area contributed by atoms with Crippen LogP contribution in [0.4, 0.5) is 0 Å². The van der Waals surface area contributed by atoms with Crippen LogP contribution in [0.3, 0.4) is 0 Å². The van der Waals surface area contributed by atoms with E-state index in [0.29, 0.717) is 38.8 Å². The van der Waals surface area contributed by atoms with Crippen LogP contribution in [-0.2, 0) is 26.3 Å². The maximum absolute atomic E-state index is 13.0. The Morgan fingerprint density at radius 2 is 1.85 bits per heavy atom. The molecule has 3 aliphatic heterocycles. The minimum absolute atomic E-state index is 0.00818. The first-order chi connectivity index (χ1) is 13.1. The number of hydrogen-bond donors (Lipinski definition) is 2. The number of nitrogens with zero attached hydrogens (tertiary/aromatic N) is 3. The normalized spacial score (nSPS) is 26.8. The van der Waals surface area contributed by atoms with Crippen molar-refractivity contribution in [2.75, 3.05) is 19.6 Å². The Hall–Kier alpha value is -2.38. The van der Waals surface area contributed by atoms with Gasteiger partial charge in [-0.25, -0.2) is 4.98 Å². The topological polar surface area (TPSA) is 98.4 Å². The molecule has 1 spiro atoms. The van der Waals surface area contributed by atoms with Crippen molar-refractivity contribution in [3.05, 3.63) is 17.7 Å². The quantitative estimate of drug-likeness (QED) is 0.781. The van der Waals surface area contributed by atoms with Gasteiger partial charge in [0, 0.05) is 44.1 Å². The lowest BCUT2D eigenvalue weighted by atomic mass is 9.78. The van der Waals surface area contributed by atoms with Crippen LogP contribution in [0.2, 0.25) is 0 Å². The van der Waals surface area contributed by atoms with Gasteiger partial charge in [-0.2, -0.15) is 0 Å². The Morgan fingerprint density at radius 3 is 2.52 bits per heavy atom. The SMILES string of the molecule is O=C1CCC(C(=O)N2CCC3(CC2)c2nc[nH]c2CCN3C(=O)C2CC2)N1. The summed E-state index contributed by atoms with van der Waals surface area (Å²) in [6.07, 6.45) is 6.93. The molecule has 8 heteroatoms. The van der Waals surface area contributed by atoms with Crippen LogP contribution >= 0.6 is 0 Å². The Morgan fingerprint density at radius 1 is 1.07 bits per heavy atom. The van der Waals surface area contributed by atoms with E-state index in [4.69, 9.17) is 0 Å². The van der Waals surface area contributed by atoms with Crippen molar-refractivity contribution in [2.45, 2.75) is 56.5 Å². The van der Waals surface area contributed by atoms with Gasteiger partial charge >= 0.3 is 0 Å². The summed E-state index contributed by atoms with van der Waals surface area (Å²) in [5, 5.41) is 2.77. The van der Waals surface area contributed by atoms with Gasteiger partial charge in [0.25, 0.3) is 0 Å². The Labute approximate surface area is 157 Å². The summed E-state index contributed by atoms with van der Waals surface area (Å²) in [6, 6.07) is -0.386. The fraction of sp³-hybridized carbons (Fsp3) is 0.684. The second-order valence-corrected chi connectivity index (χ2v) is 8.26. The summed E-state index contributed by atoms with van der Waals surface area (Å²) in [4.78, 5) is 48.9. The lowest BCUT2D eigenvalue weighted by Crippen LogP contribution is -2.60. The smallest absolute Gasteiger partial charge is 0.245 e. The first-order valence-corrected chi connectivity index (χ1v) is 10.0. The van der Waals surface area contributed by atoms with Gasteiger partial charge in [-0.05, 0) is 32.1 Å². The molecule has 27 heavy (non-hydrogen) atoms. The van der Waals surface area contributed by atoms with E-state index in [1.807, 2.05) is 4.90 Å². The van der Waals surface area contributed by atoms with Crippen molar-refractivity contribution in [1.29, 1.82) is 0 Å². The van der Waals surface area contributed by atoms with Crippen molar-refractivity contribution in [2.24, 2.45) is 5.92 Å². The van der Waals surface area contributed by atoms with Gasteiger partial charge < -0.3 is 20.1 Å². The van der Waals surface area contributed by atoms with Crippen molar-refractivity contribution < 1.29 is 14.4 Å². The molecule has 4 aliphatic rings. The molecular formula is C19H25N5O3. The standard InChI is InChI=1S/C19H25N5O3/c25-15-4-3-14(22-15)18(27)23-9-6-19(7-10-23)16-13(20-11-21-16)5-8-24(19)17(26)12-1-2-12/h11-12,14H,1-10H2,(H,20,21)(H,22,25). The molecule has 144 valence electrons. The Kier molecular flexibility index (Phi) is 3.77. The van der Waals surface area contributed by atoms with E-state index in [1.165, 1.54) is 0 Å². The molecule has 3 amide bonds. The molecule has 2 N–H and O–H groups in total. The monoisotopic (exact) mass is 371 g/mol. The van der Waals surface area contributed by atoms with Gasteiger partial charge in [-0.3, -0.25) is 14.4 Å². The Bertz CT molecular complexity index is 791. The number of aromatic amines is 1. The van der Waals surface area contributed by atoms with E-state index in [9.17, 15) is 14.4 Å². The molecule has 1 unspecified atom stereocenters. The molecular weight excluding hydrogens is 346 g/mol. The molecule has 1 aromatic rings. The van der Waals surface area contributed by atoms with Gasteiger partial charge in [0.1, 0.15) is 6.04 Å². The molecule has 1 aliphatic carbocycles. The van der Waals surface area contributed by atoms with Crippen molar-refractivity contribution >= 4 is 17.7 Å². The van der Waals surface area contributed by atoms with Gasteiger partial charge in [-0.15, -0.1) is 0 Å². The third kappa shape index (κ3) is 2.64. The molecule has 0 aromatic carbocycles. The lowest BCUT2D eigenvalue weighted by Gasteiger charge is -2.50. The van der Waals surface area contributed by atoms with Crippen molar-refractivity contribution in [1.82, 2.24) is 25.1 Å². The number of piperidine rings is 1. The number of hydrogen-bond acceptors (Lipinski definition) is 4. The number of fused-ring (bicyclic) bond motifs is 2. The maximum Gasteiger partial charge on any atom is 0.245 e. The minimum atomic E-state index is -0.400. The van der Waals surface area contributed by atoms with Crippen LogP contribution < -0.4 is 5.32 Å². The number of carbonyl (C=O) groups excluding carboxylic acids is 3. The van der Waals surface area contributed by atoms with Crippen molar-refractivity contribution in [3.63, 3.8) is 0 Å². The zero-order chi connectivity index (χ0) is 18.6. The number of H-pyrrole nitrogens is 1. The van der Waals surface area contributed by atoms with E-state index >= 15 is 0 Å². The van der Waals surface area contributed by atoms with Gasteiger partial charge in [-0.1, -0.05) is 0 Å². The lowest BCUT2D eigenvalue weighted by molar-refractivity contribution is -0.146. The molecule has 8 nitrogen and oxygen atoms in total. The zero-order valence-corrected chi connectivity index (χ0v) is 15.4. The largest absolute Gasteiger partial charge is 0.348 e. The fourth-order valence-electron chi connectivity index (χ4n) is 4.97. The van der Waals surface area contributed by atoms with E-state index in [0.717, 1.165) is 37.2 Å². The minimum Gasteiger partial charge on any atom is -0.348 e. The fourth-order valence-corrected chi connectivity index (χ4v) is 4.97. The Balaban J connectivity index is 1.37. The third-order valence-electron chi connectivity index (χ3n) is 6.65. The maximum atomic E-state index is 13.0. The number of amides is 3. The van der Waals surface area contributed by atoms with Crippen LogP contribution in [0.5, 0.6) is 0 Å². The summed E-state index contributed by atoms with van der Waals surface area (Å²) in [6.45, 7) is 1.90. The predicted octanol–water partition coefficient (Wildman–Crippen LogP) is 0.301. The number of nitrogens with one attached hydrogen (secondary N) is 2. The van der Waals surface area contributed by atoms with E-state index in [1.54, 1.807) is 6.33 Å². The first kappa shape index (κ1) is 16.8. The van der Waals surface area contributed by atoms with Gasteiger partial charge in [0.15, 0.2) is 0 Å². The zero-order valence-electron chi connectivity index (χ0n) is 15.4. The van der Waals surface area contributed by atoms with E-state index in [2.05, 4.69) is 20.2 Å². The summed E-state index contributed by atoms with van der Waals surface area (Å²) < 4.78 is 0. The average molecular weight is 371 g/mol. The molecule has 3 fully saturated rings. The number of carbonyl (C=O) groups is 3. The second-order valence-electron chi connectivity index (χ2n) is 8.26. The van der Waals surface area contributed by atoms with Crippen LogP contribution in [0.1, 0.15) is 49.9 Å². The molecule has 0 bridgehead atoms. The molecule has 4 heterocycles. The highest BCUT2D eigenvalue weighted by Crippen LogP contribution is 2.45. The highest BCUT2D eigenvalue weighted by Gasteiger charge is 2.51. The van der Waals surface area contributed by atoms with Gasteiger partial charge in [0.05, 0.1) is 17.6 Å². The van der Waals surface area contributed by atoms with Crippen LogP contribution in [0.15, 0.2) is 6.33 Å².